The maximum absolute atomic E-state index is 11.6. The van der Waals surface area contributed by atoms with Crippen LogP contribution in [0.5, 0.6) is 0 Å². The van der Waals surface area contributed by atoms with Gasteiger partial charge in [0.1, 0.15) is 0 Å². The Kier molecular flexibility index (Phi) is 6.59. The third-order valence-electron chi connectivity index (χ3n) is 4.72. The SMILES string of the molecule is CCS(=O)(=O)CCNC1(CO)CCN(Cc2ccccc2)CC1. The Morgan fingerprint density at radius 2 is 1.87 bits per heavy atom. The zero-order valence-corrected chi connectivity index (χ0v) is 14.7. The molecule has 5 nitrogen and oxygen atoms in total. The summed E-state index contributed by atoms with van der Waals surface area (Å²) in [6.07, 6.45) is 1.67. The highest BCUT2D eigenvalue weighted by Gasteiger charge is 2.33. The minimum Gasteiger partial charge on any atom is -0.394 e. The van der Waals surface area contributed by atoms with Gasteiger partial charge in [-0.25, -0.2) is 8.42 Å². The number of benzene rings is 1. The molecule has 130 valence electrons. The van der Waals surface area contributed by atoms with Gasteiger partial charge in [-0.3, -0.25) is 4.90 Å². The predicted octanol–water partition coefficient (Wildman–Crippen LogP) is 1.04. The van der Waals surface area contributed by atoms with Crippen molar-refractivity contribution in [2.45, 2.75) is 31.8 Å². The summed E-state index contributed by atoms with van der Waals surface area (Å²) in [7, 11) is -2.96. The van der Waals surface area contributed by atoms with Crippen LogP contribution in [0.3, 0.4) is 0 Å². The molecule has 1 aliphatic heterocycles. The van der Waals surface area contributed by atoms with Crippen molar-refractivity contribution in [2.24, 2.45) is 0 Å². The highest BCUT2D eigenvalue weighted by atomic mass is 32.2. The van der Waals surface area contributed by atoms with E-state index in [9.17, 15) is 13.5 Å². The summed E-state index contributed by atoms with van der Waals surface area (Å²) in [5.41, 5.74) is 0.960. The second-order valence-corrected chi connectivity index (χ2v) is 8.84. The van der Waals surface area contributed by atoms with Crippen molar-refractivity contribution in [3.8, 4) is 0 Å². The number of likely N-dealkylation sites (tertiary alicyclic amines) is 1. The summed E-state index contributed by atoms with van der Waals surface area (Å²) in [4.78, 5) is 2.38. The Labute approximate surface area is 139 Å². The molecule has 0 radical (unpaired) electrons. The average Bonchev–Trinajstić information content (AvgIpc) is 2.57. The molecule has 1 heterocycles. The van der Waals surface area contributed by atoms with Gasteiger partial charge in [0.05, 0.1) is 12.4 Å². The van der Waals surface area contributed by atoms with E-state index >= 15 is 0 Å². The lowest BCUT2D eigenvalue weighted by Gasteiger charge is -2.41. The number of aliphatic hydroxyl groups excluding tert-OH is 1. The molecule has 23 heavy (non-hydrogen) atoms. The lowest BCUT2D eigenvalue weighted by molar-refractivity contribution is 0.0770. The predicted molar refractivity (Wildman–Crippen MR) is 93.1 cm³/mol. The summed E-state index contributed by atoms with van der Waals surface area (Å²) >= 11 is 0. The van der Waals surface area contributed by atoms with Gasteiger partial charge in [0.25, 0.3) is 0 Å². The Hall–Kier alpha value is -0.950. The van der Waals surface area contributed by atoms with E-state index in [1.165, 1.54) is 5.56 Å². The van der Waals surface area contributed by atoms with Crippen LogP contribution >= 0.6 is 0 Å². The molecule has 0 atom stereocenters. The van der Waals surface area contributed by atoms with Crippen LogP contribution in [0.1, 0.15) is 25.3 Å². The molecule has 1 aromatic carbocycles. The largest absolute Gasteiger partial charge is 0.394 e. The third-order valence-corrected chi connectivity index (χ3v) is 6.42. The van der Waals surface area contributed by atoms with Crippen LogP contribution in [-0.4, -0.2) is 61.7 Å². The fourth-order valence-corrected chi connectivity index (χ4v) is 3.69. The maximum Gasteiger partial charge on any atom is 0.151 e. The van der Waals surface area contributed by atoms with E-state index in [4.69, 9.17) is 0 Å². The molecule has 2 N–H and O–H groups in total. The summed E-state index contributed by atoms with van der Waals surface area (Å²) in [6, 6.07) is 10.4. The van der Waals surface area contributed by atoms with Crippen molar-refractivity contribution in [1.82, 2.24) is 10.2 Å². The Morgan fingerprint density at radius 1 is 1.22 bits per heavy atom. The number of hydrogen-bond acceptors (Lipinski definition) is 5. The highest BCUT2D eigenvalue weighted by Crippen LogP contribution is 2.23. The Bertz CT molecular complexity index is 567. The lowest BCUT2D eigenvalue weighted by Crippen LogP contribution is -2.56. The molecule has 0 amide bonds. The fourth-order valence-electron chi connectivity index (χ4n) is 2.99. The van der Waals surface area contributed by atoms with E-state index in [0.717, 1.165) is 32.5 Å². The normalized spacial score (nSPS) is 18.9. The van der Waals surface area contributed by atoms with E-state index in [0.29, 0.717) is 6.54 Å². The minimum atomic E-state index is -2.96. The smallest absolute Gasteiger partial charge is 0.151 e. The van der Waals surface area contributed by atoms with Gasteiger partial charge >= 0.3 is 0 Å². The number of rotatable bonds is 8. The van der Waals surface area contributed by atoms with Gasteiger partial charge < -0.3 is 10.4 Å². The van der Waals surface area contributed by atoms with Crippen LogP contribution in [0.2, 0.25) is 0 Å². The molecule has 1 fully saturated rings. The molecule has 0 bridgehead atoms. The molecule has 0 unspecified atom stereocenters. The molecule has 1 aromatic rings. The van der Waals surface area contributed by atoms with Gasteiger partial charge in [0.2, 0.25) is 0 Å². The summed E-state index contributed by atoms with van der Waals surface area (Å²) in [6.45, 7) is 4.87. The Morgan fingerprint density at radius 3 is 2.43 bits per heavy atom. The first-order chi connectivity index (χ1) is 11.0. The molecule has 0 aromatic heterocycles. The van der Waals surface area contributed by atoms with Crippen LogP contribution in [0.4, 0.5) is 0 Å². The summed E-state index contributed by atoms with van der Waals surface area (Å²) in [5, 5.41) is 13.1. The zero-order chi connectivity index (χ0) is 16.8. The van der Waals surface area contributed by atoms with Gasteiger partial charge in [-0.2, -0.15) is 0 Å². The zero-order valence-electron chi connectivity index (χ0n) is 13.9. The van der Waals surface area contributed by atoms with E-state index in [1.54, 1.807) is 6.92 Å². The first-order valence-electron chi connectivity index (χ1n) is 8.31. The number of aliphatic hydroxyl groups is 1. The van der Waals surface area contributed by atoms with Crippen molar-refractivity contribution in [2.75, 3.05) is 37.7 Å². The van der Waals surface area contributed by atoms with Crippen molar-refractivity contribution in [3.63, 3.8) is 0 Å². The second kappa shape index (κ2) is 8.24. The molecule has 2 rings (SSSR count). The van der Waals surface area contributed by atoms with Gasteiger partial charge in [-0.05, 0) is 18.4 Å². The van der Waals surface area contributed by atoms with Crippen LogP contribution in [0.25, 0.3) is 0 Å². The number of nitrogens with one attached hydrogen (secondary N) is 1. The van der Waals surface area contributed by atoms with Crippen molar-refractivity contribution >= 4 is 9.84 Å². The van der Waals surface area contributed by atoms with E-state index in [-0.39, 0.29) is 23.7 Å². The van der Waals surface area contributed by atoms with Gasteiger partial charge in [-0.15, -0.1) is 0 Å². The second-order valence-electron chi connectivity index (χ2n) is 6.36. The van der Waals surface area contributed by atoms with Gasteiger partial charge in [0, 0.05) is 37.5 Å². The standard InChI is InChI=1S/C17H28N2O3S/c1-2-23(21,22)13-10-18-17(15-20)8-11-19(12-9-17)14-16-6-4-3-5-7-16/h3-7,18,20H,2,8-15H2,1H3. The number of piperidine rings is 1. The summed E-state index contributed by atoms with van der Waals surface area (Å²) < 4.78 is 23.2. The molecule has 0 saturated carbocycles. The molecular weight excluding hydrogens is 312 g/mol. The van der Waals surface area contributed by atoms with Crippen LogP contribution in [0, 0.1) is 0 Å². The topological polar surface area (TPSA) is 69.6 Å². The molecule has 0 spiro atoms. The maximum atomic E-state index is 11.6. The number of sulfone groups is 1. The van der Waals surface area contributed by atoms with E-state index in [2.05, 4.69) is 22.3 Å². The van der Waals surface area contributed by atoms with E-state index < -0.39 is 9.84 Å². The highest BCUT2D eigenvalue weighted by molar-refractivity contribution is 7.91. The van der Waals surface area contributed by atoms with Crippen molar-refractivity contribution in [1.29, 1.82) is 0 Å². The monoisotopic (exact) mass is 340 g/mol. The quantitative estimate of drug-likeness (QED) is 0.740. The third kappa shape index (κ3) is 5.57. The number of hydrogen-bond donors (Lipinski definition) is 2. The molecule has 1 aliphatic rings. The molecule has 1 saturated heterocycles. The minimum absolute atomic E-state index is 0.0539. The summed E-state index contributed by atoms with van der Waals surface area (Å²) in [5.74, 6) is 0.310. The van der Waals surface area contributed by atoms with Gasteiger partial charge in [-0.1, -0.05) is 37.3 Å². The van der Waals surface area contributed by atoms with Crippen LogP contribution in [-0.2, 0) is 16.4 Å². The first-order valence-corrected chi connectivity index (χ1v) is 10.1. The van der Waals surface area contributed by atoms with Crippen LogP contribution < -0.4 is 5.32 Å². The van der Waals surface area contributed by atoms with Gasteiger partial charge in [0.15, 0.2) is 9.84 Å². The van der Waals surface area contributed by atoms with E-state index in [1.807, 2.05) is 18.2 Å². The van der Waals surface area contributed by atoms with Crippen molar-refractivity contribution < 1.29 is 13.5 Å². The lowest BCUT2D eigenvalue weighted by atomic mass is 9.88. The van der Waals surface area contributed by atoms with Crippen LogP contribution in [0.15, 0.2) is 30.3 Å². The Balaban J connectivity index is 1.82. The van der Waals surface area contributed by atoms with Crippen molar-refractivity contribution in [3.05, 3.63) is 35.9 Å². The molecule has 6 heteroatoms. The molecular formula is C17H28N2O3S. The first kappa shape index (κ1) is 18.4. The number of nitrogens with zero attached hydrogens (tertiary/aromatic N) is 1. The molecule has 0 aliphatic carbocycles. The fraction of sp³-hybridized carbons (Fsp3) is 0.647. The average molecular weight is 340 g/mol.